The maximum atomic E-state index is 12.4. The molecule has 6 heteroatoms. The summed E-state index contributed by atoms with van der Waals surface area (Å²) in [6, 6.07) is 2.17. The van der Waals surface area contributed by atoms with Gasteiger partial charge in [0.05, 0.1) is 12.3 Å². The fourth-order valence-corrected chi connectivity index (χ4v) is 4.32. The van der Waals surface area contributed by atoms with Gasteiger partial charge in [0.2, 0.25) is 5.91 Å². The van der Waals surface area contributed by atoms with Crippen molar-refractivity contribution in [2.24, 2.45) is 0 Å². The highest BCUT2D eigenvalue weighted by Crippen LogP contribution is 2.29. The second kappa shape index (κ2) is 7.81. The molecule has 2 heterocycles. The van der Waals surface area contributed by atoms with Crippen molar-refractivity contribution in [3.63, 3.8) is 0 Å². The molecule has 2 fully saturated rings. The number of amides is 1. The van der Waals surface area contributed by atoms with Crippen LogP contribution >= 0.6 is 11.8 Å². The third-order valence-corrected chi connectivity index (χ3v) is 5.65. The largest absolute Gasteiger partial charge is 0.458 e. The number of thioether (sulfide) groups is 1. The summed E-state index contributed by atoms with van der Waals surface area (Å²) >= 11 is 1.83. The van der Waals surface area contributed by atoms with E-state index in [4.69, 9.17) is 4.74 Å². The quantitative estimate of drug-likeness (QED) is 0.834. The molecular formula is C16H23N3O2S. The van der Waals surface area contributed by atoms with Crippen molar-refractivity contribution in [1.29, 1.82) is 0 Å². The van der Waals surface area contributed by atoms with Gasteiger partial charge in [0.25, 0.3) is 0 Å². The van der Waals surface area contributed by atoms with Crippen LogP contribution < -0.4 is 4.74 Å². The second-order valence-electron chi connectivity index (χ2n) is 5.97. The molecule has 2 aliphatic rings. The number of hydrogen-bond acceptors (Lipinski definition) is 5. The average Bonchev–Trinajstić information content (AvgIpc) is 3.07. The first-order chi connectivity index (χ1) is 10.8. The topological polar surface area (TPSA) is 55.3 Å². The first-order valence-corrected chi connectivity index (χ1v) is 9.19. The summed E-state index contributed by atoms with van der Waals surface area (Å²) in [7, 11) is 0. The second-order valence-corrected chi connectivity index (χ2v) is 7.26. The van der Waals surface area contributed by atoms with Gasteiger partial charge < -0.3 is 9.64 Å². The van der Waals surface area contributed by atoms with E-state index in [1.54, 1.807) is 18.5 Å². The maximum absolute atomic E-state index is 12.4. The average molecular weight is 321 g/mol. The van der Waals surface area contributed by atoms with E-state index in [0.717, 1.165) is 19.4 Å². The summed E-state index contributed by atoms with van der Waals surface area (Å²) < 4.78 is 5.79. The Balaban J connectivity index is 1.46. The molecular weight excluding hydrogens is 298 g/mol. The zero-order valence-electron chi connectivity index (χ0n) is 12.8. The molecule has 5 nitrogen and oxygen atoms in total. The molecule has 0 aromatic carbocycles. The first-order valence-electron chi connectivity index (χ1n) is 8.14. The SMILES string of the molecule is O=C(CSC1CCCC1)N1CCC[C@H](Oc2ncccn2)C1. The summed E-state index contributed by atoms with van der Waals surface area (Å²) in [5.74, 6) is 0.860. The molecule has 1 saturated heterocycles. The fourth-order valence-electron chi connectivity index (χ4n) is 3.09. The Morgan fingerprint density at radius 1 is 1.23 bits per heavy atom. The van der Waals surface area contributed by atoms with Gasteiger partial charge >= 0.3 is 6.01 Å². The molecule has 1 aromatic rings. The van der Waals surface area contributed by atoms with Crippen LogP contribution in [0.5, 0.6) is 6.01 Å². The molecule has 1 aliphatic heterocycles. The highest BCUT2D eigenvalue weighted by Gasteiger charge is 2.26. The van der Waals surface area contributed by atoms with Crippen LogP contribution in [0.15, 0.2) is 18.5 Å². The van der Waals surface area contributed by atoms with Gasteiger partial charge in [0, 0.05) is 24.2 Å². The van der Waals surface area contributed by atoms with Crippen LogP contribution in [-0.2, 0) is 4.79 Å². The van der Waals surface area contributed by atoms with E-state index in [-0.39, 0.29) is 12.0 Å². The van der Waals surface area contributed by atoms with Gasteiger partial charge in [0.15, 0.2) is 0 Å². The number of piperidine rings is 1. The third kappa shape index (κ3) is 4.35. The Labute approximate surface area is 135 Å². The van der Waals surface area contributed by atoms with Gasteiger partial charge in [-0.05, 0) is 31.7 Å². The number of carbonyl (C=O) groups excluding carboxylic acids is 1. The third-order valence-electron chi connectivity index (χ3n) is 4.29. The molecule has 0 unspecified atom stereocenters. The van der Waals surface area contributed by atoms with E-state index in [9.17, 15) is 4.79 Å². The summed E-state index contributed by atoms with van der Waals surface area (Å²) in [5.41, 5.74) is 0. The minimum absolute atomic E-state index is 0.0107. The monoisotopic (exact) mass is 321 g/mol. The van der Waals surface area contributed by atoms with Crippen molar-refractivity contribution in [1.82, 2.24) is 14.9 Å². The molecule has 0 N–H and O–H groups in total. The summed E-state index contributed by atoms with van der Waals surface area (Å²) in [5, 5.41) is 0.693. The summed E-state index contributed by atoms with van der Waals surface area (Å²) in [4.78, 5) is 22.5. The van der Waals surface area contributed by atoms with Crippen LogP contribution in [-0.4, -0.2) is 51.0 Å². The zero-order valence-corrected chi connectivity index (χ0v) is 13.6. The normalized spacial score (nSPS) is 22.7. The van der Waals surface area contributed by atoms with Crippen molar-refractivity contribution >= 4 is 17.7 Å². The smallest absolute Gasteiger partial charge is 0.316 e. The maximum Gasteiger partial charge on any atom is 0.316 e. The number of carbonyl (C=O) groups is 1. The van der Waals surface area contributed by atoms with E-state index < -0.39 is 0 Å². The molecule has 120 valence electrons. The lowest BCUT2D eigenvalue weighted by Gasteiger charge is -2.32. The number of ether oxygens (including phenoxy) is 1. The Morgan fingerprint density at radius 2 is 2.00 bits per heavy atom. The first kappa shape index (κ1) is 15.6. The molecule has 1 atom stereocenters. The number of aromatic nitrogens is 2. The highest BCUT2D eigenvalue weighted by atomic mass is 32.2. The minimum atomic E-state index is 0.0107. The molecule has 0 radical (unpaired) electrons. The predicted octanol–water partition coefficient (Wildman–Crippen LogP) is 2.52. The molecule has 0 spiro atoms. The Morgan fingerprint density at radius 3 is 2.77 bits per heavy atom. The minimum Gasteiger partial charge on any atom is -0.458 e. The molecule has 22 heavy (non-hydrogen) atoms. The molecule has 1 aliphatic carbocycles. The number of rotatable bonds is 5. The molecule has 3 rings (SSSR count). The van der Waals surface area contributed by atoms with Gasteiger partial charge in [-0.15, -0.1) is 11.8 Å². The Hall–Kier alpha value is -1.30. The van der Waals surface area contributed by atoms with Crippen LogP contribution in [0, 0.1) is 0 Å². The summed E-state index contributed by atoms with van der Waals surface area (Å²) in [6.45, 7) is 1.50. The lowest BCUT2D eigenvalue weighted by molar-refractivity contribution is -0.131. The van der Waals surface area contributed by atoms with Gasteiger partial charge in [-0.2, -0.15) is 0 Å². The predicted molar refractivity (Wildman–Crippen MR) is 87.0 cm³/mol. The molecule has 1 aromatic heterocycles. The molecule has 1 amide bonds. The van der Waals surface area contributed by atoms with Gasteiger partial charge in [-0.25, -0.2) is 9.97 Å². The molecule has 0 bridgehead atoms. The van der Waals surface area contributed by atoms with Crippen LogP contribution in [0.2, 0.25) is 0 Å². The van der Waals surface area contributed by atoms with Crippen molar-refractivity contribution in [2.75, 3.05) is 18.8 Å². The molecule has 1 saturated carbocycles. The van der Waals surface area contributed by atoms with Crippen molar-refractivity contribution < 1.29 is 9.53 Å². The van der Waals surface area contributed by atoms with E-state index in [1.165, 1.54) is 25.7 Å². The van der Waals surface area contributed by atoms with Crippen molar-refractivity contribution in [2.45, 2.75) is 49.9 Å². The van der Waals surface area contributed by atoms with Gasteiger partial charge in [0.1, 0.15) is 6.10 Å². The van der Waals surface area contributed by atoms with Crippen molar-refractivity contribution in [3.05, 3.63) is 18.5 Å². The number of hydrogen-bond donors (Lipinski definition) is 0. The Kier molecular flexibility index (Phi) is 5.53. The lowest BCUT2D eigenvalue weighted by Crippen LogP contribution is -2.45. The Bertz CT molecular complexity index is 480. The van der Waals surface area contributed by atoms with Crippen LogP contribution in [0.25, 0.3) is 0 Å². The van der Waals surface area contributed by atoms with E-state index >= 15 is 0 Å². The summed E-state index contributed by atoms with van der Waals surface area (Å²) in [6.07, 6.45) is 10.5. The number of likely N-dealkylation sites (tertiary alicyclic amines) is 1. The standard InChI is InChI=1S/C16H23N3O2S/c20-15(12-22-14-6-1-2-7-14)19-10-3-5-13(11-19)21-16-17-8-4-9-18-16/h4,8-9,13-14H,1-3,5-7,10-12H2/t13-/m0/s1. The van der Waals surface area contributed by atoms with Gasteiger partial charge in [-0.3, -0.25) is 4.79 Å². The zero-order chi connectivity index (χ0) is 15.2. The highest BCUT2D eigenvalue weighted by molar-refractivity contribution is 8.00. The van der Waals surface area contributed by atoms with Crippen LogP contribution in [0.4, 0.5) is 0 Å². The fraction of sp³-hybridized carbons (Fsp3) is 0.688. The lowest BCUT2D eigenvalue weighted by atomic mass is 10.1. The van der Waals surface area contributed by atoms with E-state index in [2.05, 4.69) is 9.97 Å². The van der Waals surface area contributed by atoms with Crippen LogP contribution in [0.3, 0.4) is 0 Å². The van der Waals surface area contributed by atoms with E-state index in [0.29, 0.717) is 23.6 Å². The van der Waals surface area contributed by atoms with E-state index in [1.807, 2.05) is 16.7 Å². The number of nitrogens with zero attached hydrogens (tertiary/aromatic N) is 3. The van der Waals surface area contributed by atoms with Crippen molar-refractivity contribution in [3.8, 4) is 6.01 Å². The van der Waals surface area contributed by atoms with Gasteiger partial charge in [-0.1, -0.05) is 12.8 Å². The van der Waals surface area contributed by atoms with Crippen LogP contribution in [0.1, 0.15) is 38.5 Å².